The number of halogens is 1. The Balaban J connectivity index is 1.22. The fourth-order valence-electron chi connectivity index (χ4n) is 3.54. The topological polar surface area (TPSA) is 89.5 Å². The monoisotopic (exact) mass is 517 g/mol. The molecule has 3 aromatic carbocycles. The molecule has 0 spiro atoms. The molecule has 0 atom stereocenters. The van der Waals surface area contributed by atoms with Gasteiger partial charge in [0, 0.05) is 27.9 Å². The number of aryl methyl sites for hydroxylation is 1. The highest BCUT2D eigenvalue weighted by atomic mass is 35.5. The zero-order chi connectivity index (χ0) is 25.2. The second kappa shape index (κ2) is 9.85. The summed E-state index contributed by atoms with van der Waals surface area (Å²) in [6.45, 7) is 1.92. The van der Waals surface area contributed by atoms with Crippen molar-refractivity contribution in [3.63, 3.8) is 0 Å². The molecule has 5 aromatic rings. The Labute approximate surface area is 217 Å². The van der Waals surface area contributed by atoms with E-state index in [1.165, 1.54) is 0 Å². The van der Waals surface area contributed by atoms with Gasteiger partial charge in [0.1, 0.15) is 17.0 Å². The van der Waals surface area contributed by atoms with Gasteiger partial charge in [-0.05, 0) is 79.3 Å². The van der Waals surface area contributed by atoms with Crippen molar-refractivity contribution < 1.29 is 18.4 Å². The summed E-state index contributed by atoms with van der Waals surface area (Å²) < 4.78 is 16.8. The number of anilines is 1. The molecule has 0 saturated heterocycles. The maximum Gasteiger partial charge on any atom is 0.293 e. The van der Waals surface area contributed by atoms with Gasteiger partial charge in [0.15, 0.2) is 16.5 Å². The molecule has 0 aliphatic heterocycles. The molecule has 2 N–H and O–H groups in total. The number of carbonyl (C=O) groups is 1. The molecule has 180 valence electrons. The number of hydrogen-bond acceptors (Lipinski definition) is 6. The van der Waals surface area contributed by atoms with E-state index in [9.17, 15) is 4.79 Å². The van der Waals surface area contributed by atoms with Crippen molar-refractivity contribution >= 4 is 51.6 Å². The quantitative estimate of drug-likeness (QED) is 0.246. The number of nitrogens with zero attached hydrogens (tertiary/aromatic N) is 1. The smallest absolute Gasteiger partial charge is 0.293 e. The molecule has 0 bridgehead atoms. The molecule has 9 heteroatoms. The number of nitrogens with one attached hydrogen (secondary N) is 2. The van der Waals surface area contributed by atoms with Crippen molar-refractivity contribution in [3.8, 4) is 28.5 Å². The summed E-state index contributed by atoms with van der Waals surface area (Å²) >= 11 is 11.5. The highest BCUT2D eigenvalue weighted by Gasteiger charge is 2.15. The summed E-state index contributed by atoms with van der Waals surface area (Å²) in [5, 5.41) is 6.38. The maximum atomic E-state index is 12.6. The highest BCUT2D eigenvalue weighted by molar-refractivity contribution is 7.80. The summed E-state index contributed by atoms with van der Waals surface area (Å²) in [7, 11) is 1.61. The third-order valence-corrected chi connectivity index (χ3v) is 6.11. The Bertz CT molecular complexity index is 1590. The van der Waals surface area contributed by atoms with Gasteiger partial charge in [0.2, 0.25) is 5.89 Å². The van der Waals surface area contributed by atoms with Gasteiger partial charge in [-0.25, -0.2) is 4.98 Å². The maximum absolute atomic E-state index is 12.6. The molecular weight excluding hydrogens is 498 g/mol. The van der Waals surface area contributed by atoms with Crippen LogP contribution >= 0.6 is 23.8 Å². The average Bonchev–Trinajstić information content (AvgIpc) is 3.53. The molecule has 7 nitrogen and oxygen atoms in total. The molecule has 0 unspecified atom stereocenters. The summed E-state index contributed by atoms with van der Waals surface area (Å²) in [5.74, 6) is 1.41. The van der Waals surface area contributed by atoms with E-state index in [-0.39, 0.29) is 10.9 Å². The van der Waals surface area contributed by atoms with Gasteiger partial charge in [0.05, 0.1) is 7.11 Å². The lowest BCUT2D eigenvalue weighted by Crippen LogP contribution is -2.33. The molecule has 2 aromatic heterocycles. The van der Waals surface area contributed by atoms with E-state index in [1.807, 2.05) is 61.5 Å². The predicted molar refractivity (Wildman–Crippen MR) is 144 cm³/mol. The van der Waals surface area contributed by atoms with Crippen LogP contribution in [0.4, 0.5) is 5.69 Å². The minimum absolute atomic E-state index is 0.133. The van der Waals surface area contributed by atoms with Crippen LogP contribution in [0.1, 0.15) is 16.1 Å². The first-order chi connectivity index (χ1) is 17.4. The summed E-state index contributed by atoms with van der Waals surface area (Å²) in [6, 6.07) is 21.7. The number of rotatable bonds is 5. The number of amides is 1. The van der Waals surface area contributed by atoms with Crippen LogP contribution in [-0.4, -0.2) is 23.1 Å². The normalized spacial score (nSPS) is 10.9. The zero-order valence-electron chi connectivity index (χ0n) is 19.3. The van der Waals surface area contributed by atoms with Crippen LogP contribution in [0.3, 0.4) is 0 Å². The van der Waals surface area contributed by atoms with E-state index >= 15 is 0 Å². The first-order valence-corrected chi connectivity index (χ1v) is 11.7. The van der Waals surface area contributed by atoms with Crippen molar-refractivity contribution in [2.45, 2.75) is 6.92 Å². The standard InChI is InChI=1S/C27H20ClN3O4S/c1-15-3-4-17(13-20(15)28)22-11-12-24(34-22)25(32)31-27(36)29-18-7-5-16(6-8-18)26-30-21-14-19(33-2)9-10-23(21)35-26/h3-14H,1-2H3,(H2,29,31,32,36). The first kappa shape index (κ1) is 23.6. The number of aromatic nitrogens is 1. The molecule has 2 heterocycles. The zero-order valence-corrected chi connectivity index (χ0v) is 20.9. The molecule has 0 aliphatic carbocycles. The third kappa shape index (κ3) is 4.95. The number of oxazole rings is 1. The molecule has 0 radical (unpaired) electrons. The number of fused-ring (bicyclic) bond motifs is 1. The predicted octanol–water partition coefficient (Wildman–Crippen LogP) is 6.85. The Hall–Kier alpha value is -4.14. The van der Waals surface area contributed by atoms with E-state index in [4.69, 9.17) is 37.4 Å². The van der Waals surface area contributed by atoms with Gasteiger partial charge in [-0.2, -0.15) is 0 Å². The Morgan fingerprint density at radius 1 is 0.972 bits per heavy atom. The SMILES string of the molecule is COc1ccc2oc(-c3ccc(NC(=S)NC(=O)c4ccc(-c5ccc(C)c(Cl)c5)o4)cc3)nc2c1. The fourth-order valence-corrected chi connectivity index (χ4v) is 3.93. The van der Waals surface area contributed by atoms with E-state index in [0.717, 1.165) is 16.7 Å². The van der Waals surface area contributed by atoms with Gasteiger partial charge in [-0.1, -0.05) is 23.7 Å². The number of hydrogen-bond donors (Lipinski definition) is 2. The van der Waals surface area contributed by atoms with Crippen LogP contribution in [-0.2, 0) is 0 Å². The summed E-state index contributed by atoms with van der Waals surface area (Å²) in [5.41, 5.74) is 4.61. The minimum Gasteiger partial charge on any atom is -0.497 e. The number of benzene rings is 3. The van der Waals surface area contributed by atoms with Crippen molar-refractivity contribution in [2.24, 2.45) is 0 Å². The lowest BCUT2D eigenvalue weighted by Gasteiger charge is -2.09. The van der Waals surface area contributed by atoms with E-state index < -0.39 is 5.91 Å². The number of ether oxygens (including phenoxy) is 1. The molecule has 0 aliphatic rings. The lowest BCUT2D eigenvalue weighted by molar-refractivity contribution is 0.0951. The molecule has 0 saturated carbocycles. The fraction of sp³-hybridized carbons (Fsp3) is 0.0741. The third-order valence-electron chi connectivity index (χ3n) is 5.50. The van der Waals surface area contributed by atoms with Crippen LogP contribution in [0.2, 0.25) is 5.02 Å². The van der Waals surface area contributed by atoms with E-state index in [0.29, 0.717) is 39.2 Å². The van der Waals surface area contributed by atoms with Gasteiger partial charge in [0.25, 0.3) is 5.91 Å². The number of methoxy groups -OCH3 is 1. The molecule has 0 fully saturated rings. The van der Waals surface area contributed by atoms with Crippen molar-refractivity contribution in [1.82, 2.24) is 10.3 Å². The van der Waals surface area contributed by atoms with E-state index in [1.54, 1.807) is 25.3 Å². The minimum atomic E-state index is -0.463. The molecule has 5 rings (SSSR count). The molecule has 36 heavy (non-hydrogen) atoms. The van der Waals surface area contributed by atoms with Crippen LogP contribution in [0.25, 0.3) is 33.9 Å². The lowest BCUT2D eigenvalue weighted by atomic mass is 10.1. The molecule has 1 amide bonds. The van der Waals surface area contributed by atoms with E-state index in [2.05, 4.69) is 15.6 Å². The van der Waals surface area contributed by atoms with Crippen LogP contribution < -0.4 is 15.4 Å². The van der Waals surface area contributed by atoms with Crippen LogP contribution in [0.15, 0.2) is 81.6 Å². The van der Waals surface area contributed by atoms with Gasteiger partial charge in [-0.15, -0.1) is 0 Å². The number of carbonyl (C=O) groups excluding carboxylic acids is 1. The highest BCUT2D eigenvalue weighted by Crippen LogP contribution is 2.28. The number of thiocarbonyl (C=S) groups is 1. The van der Waals surface area contributed by atoms with Crippen molar-refractivity contribution in [2.75, 3.05) is 12.4 Å². The first-order valence-electron chi connectivity index (χ1n) is 10.9. The Morgan fingerprint density at radius 2 is 1.75 bits per heavy atom. The van der Waals surface area contributed by atoms with Crippen LogP contribution in [0, 0.1) is 6.92 Å². The van der Waals surface area contributed by atoms with Crippen LogP contribution in [0.5, 0.6) is 5.75 Å². The van der Waals surface area contributed by atoms with Gasteiger partial charge < -0.3 is 18.9 Å². The molecular formula is C27H20ClN3O4S. The van der Waals surface area contributed by atoms with Crippen molar-refractivity contribution in [3.05, 3.63) is 89.1 Å². The number of furan rings is 1. The summed E-state index contributed by atoms with van der Waals surface area (Å²) in [4.78, 5) is 17.1. The van der Waals surface area contributed by atoms with Gasteiger partial charge in [-0.3, -0.25) is 10.1 Å². The Kier molecular flexibility index (Phi) is 6.45. The summed E-state index contributed by atoms with van der Waals surface area (Å²) in [6.07, 6.45) is 0. The average molecular weight is 518 g/mol. The second-order valence-corrected chi connectivity index (χ2v) is 8.78. The Morgan fingerprint density at radius 3 is 2.50 bits per heavy atom. The second-order valence-electron chi connectivity index (χ2n) is 7.97. The van der Waals surface area contributed by atoms with Crippen molar-refractivity contribution in [1.29, 1.82) is 0 Å². The largest absolute Gasteiger partial charge is 0.497 e. The van der Waals surface area contributed by atoms with Gasteiger partial charge >= 0.3 is 0 Å².